The van der Waals surface area contributed by atoms with Crippen LogP contribution in [0.1, 0.15) is 29.1 Å². The monoisotopic (exact) mass is 433 g/mol. The molecule has 3 aromatic rings. The van der Waals surface area contributed by atoms with E-state index in [1.54, 1.807) is 54.6 Å². The molecule has 4 rings (SSSR count). The van der Waals surface area contributed by atoms with Crippen molar-refractivity contribution in [1.29, 1.82) is 0 Å². The van der Waals surface area contributed by atoms with Gasteiger partial charge in [0.1, 0.15) is 11.5 Å². The van der Waals surface area contributed by atoms with E-state index in [0.717, 1.165) is 0 Å². The van der Waals surface area contributed by atoms with Crippen LogP contribution in [0.2, 0.25) is 0 Å². The highest BCUT2D eigenvalue weighted by molar-refractivity contribution is 6.20. The van der Waals surface area contributed by atoms with Crippen molar-refractivity contribution in [2.75, 3.05) is 12.0 Å². The number of methoxy groups -OCH3 is 1. The maximum absolute atomic E-state index is 13.2. The summed E-state index contributed by atoms with van der Waals surface area (Å²) >= 11 is 0. The fourth-order valence-corrected chi connectivity index (χ4v) is 3.60. The van der Waals surface area contributed by atoms with Crippen LogP contribution in [0.5, 0.6) is 11.5 Å². The van der Waals surface area contributed by atoms with Crippen LogP contribution in [0.15, 0.2) is 82.7 Å². The average molecular weight is 433 g/mol. The van der Waals surface area contributed by atoms with Gasteiger partial charge in [0.2, 0.25) is 5.78 Å². The molecule has 1 aliphatic heterocycles. The highest BCUT2D eigenvalue weighted by Crippen LogP contribution is 2.42. The Hall–Kier alpha value is -4.33. The summed E-state index contributed by atoms with van der Waals surface area (Å²) in [6.07, 6.45) is 1.34. The van der Waals surface area contributed by atoms with Gasteiger partial charge in [0.25, 0.3) is 5.91 Å². The van der Waals surface area contributed by atoms with Gasteiger partial charge >= 0.3 is 5.97 Å². The number of hydrogen-bond acceptors (Lipinski definition) is 7. The first-order valence-electron chi connectivity index (χ1n) is 9.68. The van der Waals surface area contributed by atoms with Crippen molar-refractivity contribution in [3.63, 3.8) is 0 Å². The standard InChI is InChI=1S/C24H19NO7/c1-14(26)32-17-10-8-15(9-11-17)21-20(22(27)19-7-4-12-31-19)23(28)24(29)25(21)16-5-3-6-18(13-16)30-2/h3-13,21,28H,1-2H3. The van der Waals surface area contributed by atoms with E-state index < -0.39 is 29.5 Å². The lowest BCUT2D eigenvalue weighted by Gasteiger charge is -2.27. The number of esters is 1. The maximum Gasteiger partial charge on any atom is 0.308 e. The van der Waals surface area contributed by atoms with E-state index in [-0.39, 0.29) is 11.3 Å². The number of carbonyl (C=O) groups is 3. The number of nitrogens with zero attached hydrogens (tertiary/aromatic N) is 1. The molecule has 1 aromatic heterocycles. The fraction of sp³-hybridized carbons (Fsp3) is 0.125. The molecule has 1 unspecified atom stereocenters. The molecule has 1 N–H and O–H groups in total. The molecule has 0 radical (unpaired) electrons. The molecule has 1 amide bonds. The molecule has 0 bridgehead atoms. The van der Waals surface area contributed by atoms with Gasteiger partial charge in [0.05, 0.1) is 25.0 Å². The lowest BCUT2D eigenvalue weighted by Crippen LogP contribution is -2.31. The molecule has 0 saturated heterocycles. The molecular weight excluding hydrogens is 414 g/mol. The van der Waals surface area contributed by atoms with Gasteiger partial charge in [-0.2, -0.15) is 0 Å². The number of aliphatic hydroxyl groups excluding tert-OH is 1. The van der Waals surface area contributed by atoms with E-state index >= 15 is 0 Å². The number of Topliss-reactive ketones (excluding diaryl/α,β-unsaturated/α-hetero) is 1. The summed E-state index contributed by atoms with van der Waals surface area (Å²) in [4.78, 5) is 38.8. The van der Waals surface area contributed by atoms with Gasteiger partial charge in [-0.05, 0) is 42.0 Å². The smallest absolute Gasteiger partial charge is 0.308 e. The Morgan fingerprint density at radius 1 is 1.03 bits per heavy atom. The molecule has 2 heterocycles. The number of amides is 1. The van der Waals surface area contributed by atoms with Crippen LogP contribution in [-0.2, 0) is 9.59 Å². The second-order valence-corrected chi connectivity index (χ2v) is 7.01. The Morgan fingerprint density at radius 2 is 1.78 bits per heavy atom. The van der Waals surface area contributed by atoms with Gasteiger partial charge in [0.15, 0.2) is 11.5 Å². The fourth-order valence-electron chi connectivity index (χ4n) is 3.60. The second kappa shape index (κ2) is 8.43. The van der Waals surface area contributed by atoms with Crippen molar-refractivity contribution in [3.05, 3.63) is 89.6 Å². The molecule has 2 aromatic carbocycles. The highest BCUT2D eigenvalue weighted by atomic mass is 16.5. The van der Waals surface area contributed by atoms with E-state index in [1.165, 1.54) is 31.3 Å². The Balaban J connectivity index is 1.84. The second-order valence-electron chi connectivity index (χ2n) is 7.01. The number of aliphatic hydroxyl groups is 1. The number of carbonyl (C=O) groups excluding carboxylic acids is 3. The van der Waals surface area contributed by atoms with E-state index in [2.05, 4.69) is 0 Å². The minimum Gasteiger partial charge on any atom is -0.503 e. The normalized spacial score (nSPS) is 15.8. The van der Waals surface area contributed by atoms with Gasteiger partial charge in [0, 0.05) is 18.7 Å². The van der Waals surface area contributed by atoms with Crippen molar-refractivity contribution >= 4 is 23.3 Å². The minimum absolute atomic E-state index is 0.00613. The van der Waals surface area contributed by atoms with Crippen molar-refractivity contribution in [2.24, 2.45) is 0 Å². The summed E-state index contributed by atoms with van der Waals surface area (Å²) in [5, 5.41) is 10.7. The first-order chi connectivity index (χ1) is 15.4. The summed E-state index contributed by atoms with van der Waals surface area (Å²) in [6.45, 7) is 1.29. The van der Waals surface area contributed by atoms with Gasteiger partial charge in [-0.25, -0.2) is 0 Å². The Kier molecular flexibility index (Phi) is 5.51. The van der Waals surface area contributed by atoms with E-state index in [1.807, 2.05) is 0 Å². The van der Waals surface area contributed by atoms with Crippen LogP contribution >= 0.6 is 0 Å². The molecule has 1 atom stereocenters. The summed E-state index contributed by atoms with van der Waals surface area (Å²) in [5.74, 6) is -1.67. The number of furan rings is 1. The average Bonchev–Trinajstić information content (AvgIpc) is 3.41. The van der Waals surface area contributed by atoms with Crippen LogP contribution in [0.4, 0.5) is 5.69 Å². The van der Waals surface area contributed by atoms with E-state index in [9.17, 15) is 19.5 Å². The Labute approximate surface area is 183 Å². The van der Waals surface area contributed by atoms with Crippen LogP contribution in [-0.4, -0.2) is 29.9 Å². The molecule has 0 spiro atoms. The molecule has 32 heavy (non-hydrogen) atoms. The summed E-state index contributed by atoms with van der Waals surface area (Å²) < 4.78 is 15.5. The largest absolute Gasteiger partial charge is 0.503 e. The predicted molar refractivity (Wildman–Crippen MR) is 114 cm³/mol. The molecule has 8 nitrogen and oxygen atoms in total. The van der Waals surface area contributed by atoms with Crippen molar-refractivity contribution < 1.29 is 33.4 Å². The third-order valence-electron chi connectivity index (χ3n) is 4.99. The predicted octanol–water partition coefficient (Wildman–Crippen LogP) is 4.00. The lowest BCUT2D eigenvalue weighted by atomic mass is 9.94. The number of anilines is 1. The SMILES string of the molecule is COc1cccc(N2C(=O)C(O)=C(C(=O)c3ccco3)C2c2ccc(OC(C)=O)cc2)c1. The van der Waals surface area contributed by atoms with Gasteiger partial charge in [-0.3, -0.25) is 19.3 Å². The zero-order valence-electron chi connectivity index (χ0n) is 17.3. The molecule has 8 heteroatoms. The summed E-state index contributed by atoms with van der Waals surface area (Å²) in [5.41, 5.74) is 0.834. The first kappa shape index (κ1) is 20.9. The summed E-state index contributed by atoms with van der Waals surface area (Å²) in [7, 11) is 1.50. The van der Waals surface area contributed by atoms with Gasteiger partial charge in [-0.15, -0.1) is 0 Å². The van der Waals surface area contributed by atoms with Crippen LogP contribution in [0, 0.1) is 0 Å². The molecular formula is C24H19NO7. The van der Waals surface area contributed by atoms with Gasteiger partial charge in [-0.1, -0.05) is 18.2 Å². The van der Waals surface area contributed by atoms with Crippen molar-refractivity contribution in [3.8, 4) is 11.5 Å². The van der Waals surface area contributed by atoms with Crippen molar-refractivity contribution in [1.82, 2.24) is 0 Å². The number of ether oxygens (including phenoxy) is 2. The third kappa shape index (κ3) is 3.74. The molecule has 162 valence electrons. The summed E-state index contributed by atoms with van der Waals surface area (Å²) in [6, 6.07) is 15.1. The lowest BCUT2D eigenvalue weighted by molar-refractivity contribution is -0.131. The third-order valence-corrected chi connectivity index (χ3v) is 4.99. The maximum atomic E-state index is 13.2. The number of ketones is 1. The van der Waals surface area contributed by atoms with Crippen LogP contribution < -0.4 is 14.4 Å². The zero-order valence-corrected chi connectivity index (χ0v) is 17.3. The van der Waals surface area contributed by atoms with Crippen LogP contribution in [0.25, 0.3) is 0 Å². The Bertz CT molecular complexity index is 1210. The molecule has 1 aliphatic rings. The molecule has 0 saturated carbocycles. The molecule has 0 fully saturated rings. The number of hydrogen-bond donors (Lipinski definition) is 1. The van der Waals surface area contributed by atoms with Gasteiger partial charge < -0.3 is 19.0 Å². The quantitative estimate of drug-likeness (QED) is 0.356. The van der Waals surface area contributed by atoms with E-state index in [4.69, 9.17) is 13.9 Å². The van der Waals surface area contributed by atoms with Crippen LogP contribution in [0.3, 0.4) is 0 Å². The van der Waals surface area contributed by atoms with Crippen molar-refractivity contribution in [2.45, 2.75) is 13.0 Å². The zero-order chi connectivity index (χ0) is 22.8. The number of benzene rings is 2. The number of rotatable bonds is 6. The van der Waals surface area contributed by atoms with E-state index in [0.29, 0.717) is 22.7 Å². The Morgan fingerprint density at radius 3 is 2.41 bits per heavy atom. The molecule has 0 aliphatic carbocycles. The first-order valence-corrected chi connectivity index (χ1v) is 9.68. The minimum atomic E-state index is -0.946. The topological polar surface area (TPSA) is 106 Å². The highest BCUT2D eigenvalue weighted by Gasteiger charge is 2.45.